The highest BCUT2D eigenvalue weighted by molar-refractivity contribution is 6.31. The normalized spacial score (nSPS) is 12.1. The van der Waals surface area contributed by atoms with Gasteiger partial charge in [-0.3, -0.25) is 19.7 Å². The van der Waals surface area contributed by atoms with Gasteiger partial charge in [-0.1, -0.05) is 29.8 Å². The van der Waals surface area contributed by atoms with Crippen molar-refractivity contribution < 1.29 is 19.2 Å². The smallest absolute Gasteiger partial charge is 0.350 e. The summed E-state index contributed by atoms with van der Waals surface area (Å²) >= 11 is 5.92. The molecule has 0 aliphatic rings. The highest BCUT2D eigenvalue weighted by Gasteiger charge is 2.25. The second-order valence-corrected chi connectivity index (χ2v) is 7.59. The Kier molecular flexibility index (Phi) is 7.59. The predicted octanol–water partition coefficient (Wildman–Crippen LogP) is 3.81. The zero-order valence-electron chi connectivity index (χ0n) is 18.5. The number of methoxy groups -OCH3 is 1. The number of nitrogens with one attached hydrogen (secondary N) is 2. The summed E-state index contributed by atoms with van der Waals surface area (Å²) in [4.78, 5) is 35.2. The Bertz CT molecular complexity index is 1250. The second kappa shape index (κ2) is 10.6. The van der Waals surface area contributed by atoms with E-state index >= 15 is 0 Å². The number of hydrazone groups is 1. The number of amides is 2. The van der Waals surface area contributed by atoms with E-state index in [9.17, 15) is 19.7 Å². The van der Waals surface area contributed by atoms with Gasteiger partial charge in [-0.15, -0.1) is 5.10 Å². The first-order valence-corrected chi connectivity index (χ1v) is 10.4. The molecule has 3 rings (SSSR count). The van der Waals surface area contributed by atoms with E-state index < -0.39 is 16.9 Å². The molecule has 11 nitrogen and oxygen atoms in total. The van der Waals surface area contributed by atoms with Crippen LogP contribution in [0.3, 0.4) is 0 Å². The minimum Gasteiger partial charge on any atom is -0.475 e. The van der Waals surface area contributed by atoms with Crippen molar-refractivity contribution in [1.29, 1.82) is 0 Å². The minimum absolute atomic E-state index is 0.188. The number of aromatic nitrogens is 2. The molecule has 2 aromatic carbocycles. The summed E-state index contributed by atoms with van der Waals surface area (Å²) < 4.78 is 6.01. The molecule has 0 fully saturated rings. The van der Waals surface area contributed by atoms with Crippen LogP contribution in [0.5, 0.6) is 5.88 Å². The molecular weight excluding hydrogens is 464 g/mol. The number of rotatable bonds is 8. The fourth-order valence-corrected chi connectivity index (χ4v) is 3.07. The van der Waals surface area contributed by atoms with Gasteiger partial charge < -0.3 is 10.1 Å². The Hall–Kier alpha value is -4.25. The zero-order valence-corrected chi connectivity index (χ0v) is 19.2. The van der Waals surface area contributed by atoms with E-state index in [1.165, 1.54) is 14.0 Å². The maximum absolute atomic E-state index is 12.4. The number of anilines is 1. The summed E-state index contributed by atoms with van der Waals surface area (Å²) in [6.07, 6.45) is 1.12. The van der Waals surface area contributed by atoms with Crippen LogP contribution in [0.25, 0.3) is 0 Å². The molecule has 1 aromatic heterocycles. The molecule has 1 heterocycles. The lowest BCUT2D eigenvalue weighted by atomic mass is 10.1. The highest BCUT2D eigenvalue weighted by Crippen LogP contribution is 2.26. The SMILES string of the molecule is COc1nn([C@@H](C)C(=O)NN=C(C)c2ccc(NC(=O)c3cccc(Cl)c3)cc2)cc1[N+](=O)[O-]. The average molecular weight is 485 g/mol. The Balaban J connectivity index is 1.63. The Morgan fingerprint density at radius 3 is 2.50 bits per heavy atom. The van der Waals surface area contributed by atoms with Crippen molar-refractivity contribution in [3.05, 3.63) is 81.0 Å². The van der Waals surface area contributed by atoms with Gasteiger partial charge in [-0.25, -0.2) is 10.1 Å². The highest BCUT2D eigenvalue weighted by atomic mass is 35.5. The Morgan fingerprint density at radius 2 is 1.91 bits per heavy atom. The van der Waals surface area contributed by atoms with Gasteiger partial charge >= 0.3 is 11.6 Å². The number of benzene rings is 2. The quantitative estimate of drug-likeness (QED) is 0.283. The molecule has 0 radical (unpaired) electrons. The van der Waals surface area contributed by atoms with E-state index in [-0.39, 0.29) is 17.5 Å². The molecule has 12 heteroatoms. The van der Waals surface area contributed by atoms with E-state index in [2.05, 4.69) is 20.9 Å². The van der Waals surface area contributed by atoms with E-state index in [4.69, 9.17) is 16.3 Å². The van der Waals surface area contributed by atoms with Crippen molar-refractivity contribution >= 4 is 40.5 Å². The summed E-state index contributed by atoms with van der Waals surface area (Å²) in [7, 11) is 1.26. The molecule has 176 valence electrons. The van der Waals surface area contributed by atoms with Crippen LogP contribution in [-0.2, 0) is 4.79 Å². The largest absolute Gasteiger partial charge is 0.475 e. The van der Waals surface area contributed by atoms with E-state index in [1.807, 2.05) is 0 Å². The van der Waals surface area contributed by atoms with Gasteiger partial charge in [0.05, 0.1) is 17.7 Å². The van der Waals surface area contributed by atoms with Crippen LogP contribution in [0.1, 0.15) is 35.8 Å². The summed E-state index contributed by atoms with van der Waals surface area (Å²) in [5, 5.41) is 22.3. The van der Waals surface area contributed by atoms with Gasteiger partial charge in [0.25, 0.3) is 11.8 Å². The van der Waals surface area contributed by atoms with Crippen molar-refractivity contribution in [2.45, 2.75) is 19.9 Å². The lowest BCUT2D eigenvalue weighted by Gasteiger charge is -2.10. The van der Waals surface area contributed by atoms with Crippen LogP contribution in [0.4, 0.5) is 11.4 Å². The Morgan fingerprint density at radius 1 is 1.21 bits per heavy atom. The van der Waals surface area contributed by atoms with Crippen molar-refractivity contribution in [1.82, 2.24) is 15.2 Å². The third-order valence-corrected chi connectivity index (χ3v) is 5.06. The topological polar surface area (TPSA) is 141 Å². The molecule has 0 aliphatic heterocycles. The molecule has 2 N–H and O–H groups in total. The number of nitro groups is 1. The molecular formula is C22H21ClN6O5. The van der Waals surface area contributed by atoms with Gasteiger partial charge in [0.15, 0.2) is 0 Å². The van der Waals surface area contributed by atoms with Crippen molar-refractivity contribution in [3.8, 4) is 5.88 Å². The van der Waals surface area contributed by atoms with Crippen molar-refractivity contribution in [3.63, 3.8) is 0 Å². The summed E-state index contributed by atoms with van der Waals surface area (Å²) in [5.41, 5.74) is 4.32. The van der Waals surface area contributed by atoms with Crippen LogP contribution in [0, 0.1) is 10.1 Å². The molecule has 0 saturated carbocycles. The fraction of sp³-hybridized carbons (Fsp3) is 0.182. The summed E-state index contributed by atoms with van der Waals surface area (Å²) in [6.45, 7) is 3.22. The fourth-order valence-electron chi connectivity index (χ4n) is 2.88. The summed E-state index contributed by atoms with van der Waals surface area (Å²) in [5.74, 6) is -1.01. The van der Waals surface area contributed by atoms with Gasteiger partial charge in [-0.2, -0.15) is 5.10 Å². The lowest BCUT2D eigenvalue weighted by Crippen LogP contribution is -2.28. The molecule has 3 aromatic rings. The van der Waals surface area contributed by atoms with Crippen molar-refractivity contribution in [2.24, 2.45) is 5.10 Å². The second-order valence-electron chi connectivity index (χ2n) is 7.15. The van der Waals surface area contributed by atoms with Crippen LogP contribution >= 0.6 is 11.6 Å². The molecule has 0 bridgehead atoms. The number of ether oxygens (including phenoxy) is 1. The first-order chi connectivity index (χ1) is 16.2. The predicted molar refractivity (Wildman–Crippen MR) is 126 cm³/mol. The molecule has 0 aliphatic carbocycles. The molecule has 2 amide bonds. The van der Waals surface area contributed by atoms with Gasteiger partial charge in [0, 0.05) is 16.3 Å². The maximum Gasteiger partial charge on any atom is 0.350 e. The molecule has 0 unspecified atom stereocenters. The van der Waals surface area contributed by atoms with E-state index in [0.717, 1.165) is 10.9 Å². The first kappa shape index (κ1) is 24.4. The molecule has 34 heavy (non-hydrogen) atoms. The van der Waals surface area contributed by atoms with Gasteiger partial charge in [-0.05, 0) is 49.7 Å². The van der Waals surface area contributed by atoms with E-state index in [0.29, 0.717) is 27.5 Å². The zero-order chi connectivity index (χ0) is 24.8. The van der Waals surface area contributed by atoms with Gasteiger partial charge in [0.1, 0.15) is 12.2 Å². The van der Waals surface area contributed by atoms with Crippen molar-refractivity contribution in [2.75, 3.05) is 12.4 Å². The number of hydrogen-bond acceptors (Lipinski definition) is 7. The number of nitrogens with zero attached hydrogens (tertiary/aromatic N) is 4. The van der Waals surface area contributed by atoms with Crippen LogP contribution in [-0.4, -0.2) is 39.3 Å². The third-order valence-electron chi connectivity index (χ3n) is 4.83. The maximum atomic E-state index is 12.4. The monoisotopic (exact) mass is 484 g/mol. The number of hydrogen-bond donors (Lipinski definition) is 2. The van der Waals surface area contributed by atoms with E-state index in [1.54, 1.807) is 55.5 Å². The van der Waals surface area contributed by atoms with Gasteiger partial charge in [0.2, 0.25) is 0 Å². The average Bonchev–Trinajstić information content (AvgIpc) is 3.27. The molecule has 0 spiro atoms. The lowest BCUT2D eigenvalue weighted by molar-refractivity contribution is -0.385. The number of carbonyl (C=O) groups excluding carboxylic acids is 2. The number of halogens is 1. The summed E-state index contributed by atoms with van der Waals surface area (Å²) in [6, 6.07) is 12.6. The number of carbonyl (C=O) groups is 2. The third kappa shape index (κ3) is 5.75. The Labute approximate surface area is 199 Å². The molecule has 0 saturated heterocycles. The first-order valence-electron chi connectivity index (χ1n) is 9.98. The minimum atomic E-state index is -0.872. The molecule has 1 atom stereocenters. The van der Waals surface area contributed by atoms with Crippen LogP contribution in [0.15, 0.2) is 59.8 Å². The van der Waals surface area contributed by atoms with Crippen LogP contribution < -0.4 is 15.5 Å². The van der Waals surface area contributed by atoms with Crippen LogP contribution in [0.2, 0.25) is 5.02 Å². The standard InChI is InChI=1S/C22H21ClN6O5/c1-13(25-26-20(30)14(2)28-12-19(29(32)33)22(27-28)34-3)15-7-9-18(10-8-15)24-21(31)16-5-4-6-17(23)11-16/h4-12,14H,1-3H3,(H,24,31)(H,26,30)/t14-/m0/s1.